The zero-order valence-corrected chi connectivity index (χ0v) is 23.1. The van der Waals surface area contributed by atoms with Gasteiger partial charge in [0.25, 0.3) is 0 Å². The fourth-order valence-electron chi connectivity index (χ4n) is 4.87. The molecule has 0 radical (unpaired) electrons. The molecule has 5 heteroatoms. The summed E-state index contributed by atoms with van der Waals surface area (Å²) in [7, 11) is 0. The lowest BCUT2D eigenvalue weighted by molar-refractivity contribution is -0.137. The molecule has 2 aromatic carbocycles. The van der Waals surface area contributed by atoms with Crippen molar-refractivity contribution >= 4 is 5.97 Å². The van der Waals surface area contributed by atoms with E-state index in [0.717, 1.165) is 44.9 Å². The van der Waals surface area contributed by atoms with E-state index in [9.17, 15) is 15.0 Å². The Bertz CT molecular complexity index is 816. The van der Waals surface area contributed by atoms with E-state index in [0.29, 0.717) is 23.3 Å². The summed E-state index contributed by atoms with van der Waals surface area (Å²) in [6.45, 7) is 4.17. The number of hydrogen-bond acceptors (Lipinski definition) is 4. The zero-order valence-electron chi connectivity index (χ0n) is 23.1. The molecule has 0 fully saturated rings. The minimum absolute atomic E-state index is 0.250. The third kappa shape index (κ3) is 15.3. The molecule has 0 aliphatic rings. The van der Waals surface area contributed by atoms with Crippen LogP contribution in [-0.2, 0) is 4.79 Å². The predicted octanol–water partition coefficient (Wildman–Crippen LogP) is 8.53. The molecule has 0 spiro atoms. The van der Waals surface area contributed by atoms with Gasteiger partial charge < -0.3 is 20.4 Å². The van der Waals surface area contributed by atoms with Gasteiger partial charge in [-0.05, 0) is 86.3 Å². The van der Waals surface area contributed by atoms with Crippen molar-refractivity contribution in [1.29, 1.82) is 0 Å². The molecule has 0 heterocycles. The van der Waals surface area contributed by atoms with E-state index < -0.39 is 5.97 Å². The molecule has 5 nitrogen and oxygen atoms in total. The second-order valence-electron chi connectivity index (χ2n) is 10.0. The van der Waals surface area contributed by atoms with Crippen molar-refractivity contribution in [3.05, 3.63) is 59.7 Å². The molecular weight excluding hydrogens is 464 g/mol. The standard InChI is InChI=1S/C30H44O4.C2H6O/c1-2-3-8-11-24(26-16-20-28(31)21-17-26)14-15-25(27-18-22-29(32)23-19-27)12-9-6-4-5-7-10-13-30(33)34;1-2-3/h16-25,31-32H,2-15H2,1H3,(H,33,34);3H,2H2,1H3. The van der Waals surface area contributed by atoms with Gasteiger partial charge in [-0.25, -0.2) is 0 Å². The first kappa shape index (κ1) is 32.5. The number of aliphatic carboxylic acids is 1. The summed E-state index contributed by atoms with van der Waals surface area (Å²) >= 11 is 0. The van der Waals surface area contributed by atoms with E-state index in [2.05, 4.69) is 31.2 Å². The third-order valence-corrected chi connectivity index (χ3v) is 6.94. The summed E-state index contributed by atoms with van der Waals surface area (Å²) in [6, 6.07) is 15.5. The van der Waals surface area contributed by atoms with Crippen LogP contribution in [0.1, 0.15) is 127 Å². The molecule has 0 aliphatic carbocycles. The first-order valence-corrected chi connectivity index (χ1v) is 14.3. The highest BCUT2D eigenvalue weighted by atomic mass is 16.4. The second kappa shape index (κ2) is 20.5. The normalized spacial score (nSPS) is 12.4. The van der Waals surface area contributed by atoms with E-state index in [4.69, 9.17) is 10.2 Å². The maximum atomic E-state index is 10.6. The Kier molecular flexibility index (Phi) is 18.0. The molecule has 0 saturated heterocycles. The van der Waals surface area contributed by atoms with Gasteiger partial charge in [-0.1, -0.05) is 82.6 Å². The molecule has 0 saturated carbocycles. The number of hydrogen-bond donors (Lipinski definition) is 4. The lowest BCUT2D eigenvalue weighted by Crippen LogP contribution is -2.05. The number of aliphatic hydroxyl groups is 1. The summed E-state index contributed by atoms with van der Waals surface area (Å²) < 4.78 is 0. The number of rotatable bonds is 18. The van der Waals surface area contributed by atoms with Gasteiger partial charge in [-0.3, -0.25) is 4.79 Å². The van der Waals surface area contributed by atoms with Crippen molar-refractivity contribution < 1.29 is 25.2 Å². The zero-order chi connectivity index (χ0) is 27.3. The van der Waals surface area contributed by atoms with E-state index >= 15 is 0 Å². The van der Waals surface area contributed by atoms with Crippen molar-refractivity contribution in [2.24, 2.45) is 0 Å². The van der Waals surface area contributed by atoms with Crippen molar-refractivity contribution in [3.63, 3.8) is 0 Å². The summed E-state index contributed by atoms with van der Waals surface area (Å²) in [4.78, 5) is 10.6. The summed E-state index contributed by atoms with van der Waals surface area (Å²) in [5.74, 6) is 0.905. The molecule has 0 aliphatic heterocycles. The molecule has 4 N–H and O–H groups in total. The van der Waals surface area contributed by atoms with Crippen LogP contribution < -0.4 is 0 Å². The van der Waals surface area contributed by atoms with Gasteiger partial charge in [0, 0.05) is 13.0 Å². The maximum Gasteiger partial charge on any atom is 0.303 e. The molecule has 2 atom stereocenters. The minimum atomic E-state index is -0.697. The number of phenols is 2. The number of aromatic hydroxyl groups is 2. The number of carboxylic acids is 1. The fraction of sp³-hybridized carbons (Fsp3) is 0.594. The Morgan fingerprint density at radius 2 is 1.00 bits per heavy atom. The van der Waals surface area contributed by atoms with Gasteiger partial charge in [0.05, 0.1) is 0 Å². The highest BCUT2D eigenvalue weighted by Crippen LogP contribution is 2.35. The molecule has 2 aromatic rings. The molecule has 0 aromatic heterocycles. The Balaban J connectivity index is 0.00000217. The quantitative estimate of drug-likeness (QED) is 0.149. The van der Waals surface area contributed by atoms with Gasteiger partial charge in [-0.2, -0.15) is 0 Å². The lowest BCUT2D eigenvalue weighted by atomic mass is 9.82. The van der Waals surface area contributed by atoms with Crippen molar-refractivity contribution in [2.75, 3.05) is 6.61 Å². The first-order valence-electron chi connectivity index (χ1n) is 14.3. The number of carbonyl (C=O) groups is 1. The number of carboxylic acid groups (broad SMARTS) is 1. The summed E-state index contributed by atoms with van der Waals surface area (Å²) in [6.07, 6.45) is 14.9. The van der Waals surface area contributed by atoms with Crippen LogP contribution in [0.15, 0.2) is 48.5 Å². The van der Waals surface area contributed by atoms with Crippen LogP contribution >= 0.6 is 0 Å². The number of phenolic OH excluding ortho intramolecular Hbond substituents is 2. The first-order chi connectivity index (χ1) is 17.9. The van der Waals surface area contributed by atoms with Crippen LogP contribution in [0.4, 0.5) is 0 Å². The van der Waals surface area contributed by atoms with Crippen LogP contribution in [0.5, 0.6) is 11.5 Å². The van der Waals surface area contributed by atoms with E-state index in [-0.39, 0.29) is 13.0 Å². The molecule has 2 rings (SSSR count). The average molecular weight is 515 g/mol. The largest absolute Gasteiger partial charge is 0.508 e. The number of aliphatic hydroxyl groups excluding tert-OH is 1. The summed E-state index contributed by atoms with van der Waals surface area (Å²) in [5, 5.41) is 35.8. The number of unbranched alkanes of at least 4 members (excludes halogenated alkanes) is 7. The van der Waals surface area contributed by atoms with Gasteiger partial charge in [-0.15, -0.1) is 0 Å². The van der Waals surface area contributed by atoms with E-state index in [1.54, 1.807) is 31.2 Å². The number of benzene rings is 2. The Morgan fingerprint density at radius 3 is 1.41 bits per heavy atom. The van der Waals surface area contributed by atoms with E-state index in [1.165, 1.54) is 49.7 Å². The van der Waals surface area contributed by atoms with Crippen molar-refractivity contribution in [1.82, 2.24) is 0 Å². The van der Waals surface area contributed by atoms with Crippen LogP contribution in [0, 0.1) is 0 Å². The van der Waals surface area contributed by atoms with Gasteiger partial charge in [0.15, 0.2) is 0 Å². The molecular formula is C32H50O5. The Labute approximate surface area is 224 Å². The van der Waals surface area contributed by atoms with Crippen LogP contribution in [0.2, 0.25) is 0 Å². The highest BCUT2D eigenvalue weighted by molar-refractivity contribution is 5.66. The van der Waals surface area contributed by atoms with Crippen LogP contribution in [0.3, 0.4) is 0 Å². The molecule has 0 bridgehead atoms. The second-order valence-corrected chi connectivity index (χ2v) is 10.0. The van der Waals surface area contributed by atoms with Crippen LogP contribution in [0.25, 0.3) is 0 Å². The van der Waals surface area contributed by atoms with Crippen molar-refractivity contribution in [3.8, 4) is 11.5 Å². The maximum absolute atomic E-state index is 10.6. The van der Waals surface area contributed by atoms with Crippen LogP contribution in [-0.4, -0.2) is 33.0 Å². The molecule has 0 amide bonds. The predicted molar refractivity (Wildman–Crippen MR) is 152 cm³/mol. The SMILES string of the molecule is CCCCCC(CCC(CCCCCCCCC(=O)O)c1ccc(O)cc1)c1ccc(O)cc1.CCO. The van der Waals surface area contributed by atoms with E-state index in [1.807, 2.05) is 0 Å². The Hall–Kier alpha value is -2.53. The highest BCUT2D eigenvalue weighted by Gasteiger charge is 2.17. The topological polar surface area (TPSA) is 98.0 Å². The Morgan fingerprint density at radius 1 is 0.622 bits per heavy atom. The third-order valence-electron chi connectivity index (χ3n) is 6.94. The van der Waals surface area contributed by atoms with Gasteiger partial charge >= 0.3 is 5.97 Å². The van der Waals surface area contributed by atoms with Gasteiger partial charge in [0.2, 0.25) is 0 Å². The molecule has 208 valence electrons. The summed E-state index contributed by atoms with van der Waals surface area (Å²) in [5.41, 5.74) is 2.62. The molecule has 2 unspecified atom stereocenters. The van der Waals surface area contributed by atoms with Crippen molar-refractivity contribution in [2.45, 2.75) is 116 Å². The smallest absolute Gasteiger partial charge is 0.303 e. The fourth-order valence-corrected chi connectivity index (χ4v) is 4.87. The molecule has 37 heavy (non-hydrogen) atoms. The monoisotopic (exact) mass is 514 g/mol. The van der Waals surface area contributed by atoms with Gasteiger partial charge in [0.1, 0.15) is 11.5 Å². The average Bonchev–Trinajstić information content (AvgIpc) is 2.88. The minimum Gasteiger partial charge on any atom is -0.508 e. The lowest BCUT2D eigenvalue weighted by Gasteiger charge is -2.23.